The summed E-state index contributed by atoms with van der Waals surface area (Å²) >= 11 is 0. The number of aromatic nitrogens is 1. The highest BCUT2D eigenvalue weighted by molar-refractivity contribution is 5.95. The van der Waals surface area contributed by atoms with Crippen molar-refractivity contribution in [1.29, 1.82) is 0 Å². The molecular weight excluding hydrogens is 254 g/mol. The third kappa shape index (κ3) is 3.55. The molecule has 1 aromatic rings. The van der Waals surface area contributed by atoms with Gasteiger partial charge in [0.2, 0.25) is 0 Å². The summed E-state index contributed by atoms with van der Waals surface area (Å²) in [5.74, 6) is 0.0762. The first-order chi connectivity index (χ1) is 9.61. The van der Waals surface area contributed by atoms with E-state index in [2.05, 4.69) is 4.98 Å². The molecule has 1 aliphatic rings. The first-order valence-electron chi connectivity index (χ1n) is 7.17. The molecule has 1 aromatic heterocycles. The number of nitrogens with two attached hydrogens (primary N) is 1. The fourth-order valence-electron chi connectivity index (χ4n) is 2.54. The number of piperidine rings is 1. The van der Waals surface area contributed by atoms with Crippen LogP contribution in [0.3, 0.4) is 0 Å². The third-order valence-electron chi connectivity index (χ3n) is 3.66. The number of carbonyl (C=O) groups is 1. The molecule has 20 heavy (non-hydrogen) atoms. The summed E-state index contributed by atoms with van der Waals surface area (Å²) < 4.78 is 5.63. The van der Waals surface area contributed by atoms with Crippen LogP contribution in [0.2, 0.25) is 0 Å². The molecule has 0 bridgehead atoms. The lowest BCUT2D eigenvalue weighted by atomic mass is 10.1. The summed E-state index contributed by atoms with van der Waals surface area (Å²) in [6.45, 7) is 6.44. The smallest absolute Gasteiger partial charge is 0.255 e. The monoisotopic (exact) mass is 277 g/mol. The number of carbonyl (C=O) groups excluding carboxylic acids is 1. The van der Waals surface area contributed by atoms with Crippen molar-refractivity contribution >= 4 is 5.91 Å². The average Bonchev–Trinajstić information content (AvgIpc) is 2.45. The Labute approximate surface area is 120 Å². The van der Waals surface area contributed by atoms with Crippen LogP contribution < -0.4 is 5.73 Å². The van der Waals surface area contributed by atoms with Gasteiger partial charge in [-0.25, -0.2) is 0 Å². The van der Waals surface area contributed by atoms with Gasteiger partial charge in [-0.15, -0.1) is 0 Å². The summed E-state index contributed by atoms with van der Waals surface area (Å²) in [5.41, 5.74) is 7.88. The summed E-state index contributed by atoms with van der Waals surface area (Å²) in [4.78, 5) is 18.7. The van der Waals surface area contributed by atoms with Crippen molar-refractivity contribution in [3.63, 3.8) is 0 Å². The lowest BCUT2D eigenvalue weighted by molar-refractivity contribution is 0.0121. The van der Waals surface area contributed by atoms with Crippen molar-refractivity contribution < 1.29 is 9.53 Å². The minimum absolute atomic E-state index is 0.0762. The molecule has 5 heteroatoms. The van der Waals surface area contributed by atoms with Gasteiger partial charge in [0, 0.05) is 25.3 Å². The van der Waals surface area contributed by atoms with Gasteiger partial charge in [-0.3, -0.25) is 9.78 Å². The van der Waals surface area contributed by atoms with Gasteiger partial charge in [-0.2, -0.15) is 0 Å². The molecule has 5 nitrogen and oxygen atoms in total. The minimum atomic E-state index is 0.0762. The van der Waals surface area contributed by atoms with Crippen LogP contribution in [0.25, 0.3) is 0 Å². The Morgan fingerprint density at radius 2 is 2.10 bits per heavy atom. The zero-order valence-electron chi connectivity index (χ0n) is 12.3. The second-order valence-electron chi connectivity index (χ2n) is 5.24. The van der Waals surface area contributed by atoms with Gasteiger partial charge < -0.3 is 15.4 Å². The van der Waals surface area contributed by atoms with E-state index in [1.165, 1.54) is 0 Å². The third-order valence-corrected chi connectivity index (χ3v) is 3.66. The second kappa shape index (κ2) is 6.81. The SMILES string of the molecule is Cc1ccc(C(=O)N2CCC(OCCN)CC2)c(C)n1. The van der Waals surface area contributed by atoms with Crippen molar-refractivity contribution in [3.05, 3.63) is 29.1 Å². The summed E-state index contributed by atoms with van der Waals surface area (Å²) in [7, 11) is 0. The lowest BCUT2D eigenvalue weighted by Gasteiger charge is -2.32. The van der Waals surface area contributed by atoms with Crippen molar-refractivity contribution in [2.24, 2.45) is 5.73 Å². The van der Waals surface area contributed by atoms with Gasteiger partial charge >= 0.3 is 0 Å². The van der Waals surface area contributed by atoms with Crippen molar-refractivity contribution in [2.75, 3.05) is 26.2 Å². The number of rotatable bonds is 4. The molecule has 0 atom stereocenters. The number of likely N-dealkylation sites (tertiary alicyclic amines) is 1. The molecule has 2 heterocycles. The number of aryl methyl sites for hydroxylation is 2. The van der Waals surface area contributed by atoms with Gasteiger partial charge in [-0.05, 0) is 38.8 Å². The Hall–Kier alpha value is -1.46. The first-order valence-corrected chi connectivity index (χ1v) is 7.17. The van der Waals surface area contributed by atoms with E-state index in [0.29, 0.717) is 18.7 Å². The highest BCUT2D eigenvalue weighted by Gasteiger charge is 2.24. The summed E-state index contributed by atoms with van der Waals surface area (Å²) in [6.07, 6.45) is 1.99. The Balaban J connectivity index is 1.94. The molecule has 1 aliphatic heterocycles. The minimum Gasteiger partial charge on any atom is -0.377 e. The van der Waals surface area contributed by atoms with Gasteiger partial charge in [0.05, 0.1) is 24.0 Å². The first kappa shape index (κ1) is 14.9. The molecule has 0 spiro atoms. The van der Waals surface area contributed by atoms with Crippen LogP contribution in [-0.4, -0.2) is 48.1 Å². The Morgan fingerprint density at radius 3 is 2.70 bits per heavy atom. The Kier molecular flexibility index (Phi) is 5.09. The zero-order valence-corrected chi connectivity index (χ0v) is 12.3. The molecule has 0 aromatic carbocycles. The Morgan fingerprint density at radius 1 is 1.40 bits per heavy atom. The predicted molar refractivity (Wildman–Crippen MR) is 77.6 cm³/mol. The van der Waals surface area contributed by atoms with Crippen LogP contribution in [-0.2, 0) is 4.74 Å². The van der Waals surface area contributed by atoms with Crippen LogP contribution in [0, 0.1) is 13.8 Å². The van der Waals surface area contributed by atoms with Crippen molar-refractivity contribution in [1.82, 2.24) is 9.88 Å². The van der Waals surface area contributed by atoms with Gasteiger partial charge in [0.1, 0.15) is 0 Å². The number of hydrogen-bond donors (Lipinski definition) is 1. The second-order valence-corrected chi connectivity index (χ2v) is 5.24. The molecule has 1 fully saturated rings. The molecule has 2 rings (SSSR count). The van der Waals surface area contributed by atoms with Crippen molar-refractivity contribution in [2.45, 2.75) is 32.8 Å². The molecule has 2 N–H and O–H groups in total. The van der Waals surface area contributed by atoms with E-state index in [1.54, 1.807) is 0 Å². The van der Waals surface area contributed by atoms with Gasteiger partial charge in [0.25, 0.3) is 5.91 Å². The molecular formula is C15H23N3O2. The van der Waals surface area contributed by atoms with Crippen molar-refractivity contribution in [3.8, 4) is 0 Å². The lowest BCUT2D eigenvalue weighted by Crippen LogP contribution is -2.41. The highest BCUT2D eigenvalue weighted by atomic mass is 16.5. The zero-order chi connectivity index (χ0) is 14.5. The maximum absolute atomic E-state index is 12.5. The molecule has 0 unspecified atom stereocenters. The Bertz CT molecular complexity index is 468. The number of hydrogen-bond acceptors (Lipinski definition) is 4. The van der Waals surface area contributed by atoms with Crippen LogP contribution in [0.5, 0.6) is 0 Å². The largest absolute Gasteiger partial charge is 0.377 e. The summed E-state index contributed by atoms with van der Waals surface area (Å²) in [6, 6.07) is 3.76. The number of nitrogens with zero attached hydrogens (tertiary/aromatic N) is 2. The van der Waals surface area contributed by atoms with Gasteiger partial charge in [0.15, 0.2) is 0 Å². The van der Waals surface area contributed by atoms with Gasteiger partial charge in [-0.1, -0.05) is 0 Å². The molecule has 1 amide bonds. The van der Waals surface area contributed by atoms with E-state index in [-0.39, 0.29) is 12.0 Å². The maximum atomic E-state index is 12.5. The highest BCUT2D eigenvalue weighted by Crippen LogP contribution is 2.17. The van der Waals surface area contributed by atoms with E-state index in [0.717, 1.165) is 37.3 Å². The van der Waals surface area contributed by atoms with Crippen LogP contribution in [0.1, 0.15) is 34.6 Å². The van der Waals surface area contributed by atoms with E-state index in [1.807, 2.05) is 30.9 Å². The van der Waals surface area contributed by atoms with E-state index < -0.39 is 0 Å². The van der Waals surface area contributed by atoms with Crippen LogP contribution in [0.15, 0.2) is 12.1 Å². The standard InChI is InChI=1S/C15H23N3O2/c1-11-3-4-14(12(2)17-11)15(19)18-8-5-13(6-9-18)20-10-7-16/h3-4,13H,5-10,16H2,1-2H3. The van der Waals surface area contributed by atoms with E-state index >= 15 is 0 Å². The normalized spacial score (nSPS) is 16.4. The molecule has 1 saturated heterocycles. The topological polar surface area (TPSA) is 68.5 Å². The molecule has 0 saturated carbocycles. The fourth-order valence-corrected chi connectivity index (χ4v) is 2.54. The van der Waals surface area contributed by atoms with Crippen LogP contribution in [0.4, 0.5) is 0 Å². The summed E-state index contributed by atoms with van der Waals surface area (Å²) in [5, 5.41) is 0. The number of amides is 1. The molecule has 110 valence electrons. The van der Waals surface area contributed by atoms with E-state index in [9.17, 15) is 4.79 Å². The fraction of sp³-hybridized carbons (Fsp3) is 0.600. The molecule has 0 radical (unpaired) electrons. The van der Waals surface area contributed by atoms with Crippen LogP contribution >= 0.6 is 0 Å². The maximum Gasteiger partial charge on any atom is 0.255 e. The average molecular weight is 277 g/mol. The quantitative estimate of drug-likeness (QED) is 0.900. The van der Waals surface area contributed by atoms with E-state index in [4.69, 9.17) is 10.5 Å². The predicted octanol–water partition coefficient (Wildman–Crippen LogP) is 1.28. The number of ether oxygens (including phenoxy) is 1. The number of pyridine rings is 1. The molecule has 0 aliphatic carbocycles.